The molecule has 0 fully saturated rings. The van der Waals surface area contributed by atoms with Crippen molar-refractivity contribution in [2.24, 2.45) is 0 Å². The third-order valence-corrected chi connectivity index (χ3v) is 3.19. The molecular formula is C12H11Cl2N. The lowest BCUT2D eigenvalue weighted by Gasteiger charge is -2.07. The lowest BCUT2D eigenvalue weighted by Crippen LogP contribution is -1.90. The largest absolute Gasteiger partial charge is 0.234 e. The molecule has 0 amide bonds. The van der Waals surface area contributed by atoms with Gasteiger partial charge in [-0.15, -0.1) is 0 Å². The first-order chi connectivity index (χ1) is 7.13. The van der Waals surface area contributed by atoms with E-state index < -0.39 is 0 Å². The van der Waals surface area contributed by atoms with Crippen molar-refractivity contribution in [1.82, 2.24) is 4.98 Å². The number of halogens is 2. The molecule has 1 heterocycles. The van der Waals surface area contributed by atoms with Gasteiger partial charge < -0.3 is 0 Å². The van der Waals surface area contributed by atoms with Crippen molar-refractivity contribution in [3.8, 4) is 0 Å². The summed E-state index contributed by atoms with van der Waals surface area (Å²) in [7, 11) is 0. The topological polar surface area (TPSA) is 12.9 Å². The van der Waals surface area contributed by atoms with Crippen LogP contribution in [0.4, 0.5) is 0 Å². The number of aromatic nitrogens is 1. The molecule has 78 valence electrons. The van der Waals surface area contributed by atoms with Gasteiger partial charge in [-0.2, -0.15) is 0 Å². The summed E-state index contributed by atoms with van der Waals surface area (Å²) in [5.74, 6) is 0. The van der Waals surface area contributed by atoms with Crippen LogP contribution in [-0.4, -0.2) is 4.98 Å². The van der Waals surface area contributed by atoms with Gasteiger partial charge in [-0.05, 0) is 36.6 Å². The molecule has 2 aromatic rings. The molecule has 1 aromatic carbocycles. The van der Waals surface area contributed by atoms with Gasteiger partial charge in [0.1, 0.15) is 5.15 Å². The first-order valence-electron chi connectivity index (χ1n) is 4.87. The van der Waals surface area contributed by atoms with Gasteiger partial charge in [0.15, 0.2) is 0 Å². The summed E-state index contributed by atoms with van der Waals surface area (Å²) in [5.41, 5.74) is 3.03. The summed E-state index contributed by atoms with van der Waals surface area (Å²) in [6, 6.07) is 5.93. The molecule has 0 aliphatic heterocycles. The zero-order valence-electron chi connectivity index (χ0n) is 8.64. The third-order valence-electron chi connectivity index (χ3n) is 2.56. The van der Waals surface area contributed by atoms with Crippen LogP contribution in [0.3, 0.4) is 0 Å². The second-order valence-electron chi connectivity index (χ2n) is 3.55. The fourth-order valence-corrected chi connectivity index (χ4v) is 2.11. The third kappa shape index (κ3) is 1.82. The molecule has 0 bridgehead atoms. The van der Waals surface area contributed by atoms with E-state index in [1.54, 1.807) is 0 Å². The van der Waals surface area contributed by atoms with Crippen LogP contribution in [0.2, 0.25) is 10.2 Å². The average Bonchev–Trinajstić information content (AvgIpc) is 2.23. The minimum Gasteiger partial charge on any atom is -0.234 e. The van der Waals surface area contributed by atoms with Crippen LogP contribution in [0.5, 0.6) is 0 Å². The highest BCUT2D eigenvalue weighted by molar-refractivity contribution is 6.36. The van der Waals surface area contributed by atoms with Crippen molar-refractivity contribution < 1.29 is 0 Å². The van der Waals surface area contributed by atoms with E-state index in [2.05, 4.69) is 18.0 Å². The lowest BCUT2D eigenvalue weighted by molar-refractivity contribution is 1.12. The van der Waals surface area contributed by atoms with Crippen LogP contribution >= 0.6 is 23.2 Å². The molecule has 0 radical (unpaired) electrons. The number of fused-ring (bicyclic) bond motifs is 1. The smallest absolute Gasteiger partial charge is 0.133 e. The van der Waals surface area contributed by atoms with E-state index in [1.807, 2.05) is 19.1 Å². The Morgan fingerprint density at radius 2 is 2.00 bits per heavy atom. The Labute approximate surface area is 99.0 Å². The molecule has 15 heavy (non-hydrogen) atoms. The van der Waals surface area contributed by atoms with Crippen LogP contribution in [-0.2, 0) is 6.42 Å². The molecule has 0 N–H and O–H groups in total. The van der Waals surface area contributed by atoms with Gasteiger partial charge in [-0.3, -0.25) is 0 Å². The molecule has 0 aliphatic rings. The van der Waals surface area contributed by atoms with Gasteiger partial charge in [-0.25, -0.2) is 4.98 Å². The van der Waals surface area contributed by atoms with E-state index in [0.717, 1.165) is 22.9 Å². The normalized spacial score (nSPS) is 10.9. The molecule has 0 unspecified atom stereocenters. The summed E-state index contributed by atoms with van der Waals surface area (Å²) < 4.78 is 0. The van der Waals surface area contributed by atoms with Crippen LogP contribution in [0.1, 0.15) is 18.1 Å². The Kier molecular flexibility index (Phi) is 2.85. The van der Waals surface area contributed by atoms with Crippen molar-refractivity contribution in [3.63, 3.8) is 0 Å². The molecule has 1 aromatic heterocycles. The molecule has 0 atom stereocenters. The Morgan fingerprint density at radius 1 is 1.27 bits per heavy atom. The lowest BCUT2D eigenvalue weighted by atomic mass is 10.1. The van der Waals surface area contributed by atoms with Crippen molar-refractivity contribution in [3.05, 3.63) is 39.5 Å². The van der Waals surface area contributed by atoms with Gasteiger partial charge in [0.2, 0.25) is 0 Å². The summed E-state index contributed by atoms with van der Waals surface area (Å²) >= 11 is 12.1. The predicted octanol–water partition coefficient (Wildman–Crippen LogP) is 4.41. The molecule has 0 aliphatic carbocycles. The maximum absolute atomic E-state index is 6.08. The van der Waals surface area contributed by atoms with Gasteiger partial charge in [-0.1, -0.05) is 36.2 Å². The number of rotatable bonds is 1. The minimum atomic E-state index is 0.553. The van der Waals surface area contributed by atoms with Crippen LogP contribution in [0, 0.1) is 6.92 Å². The highest BCUT2D eigenvalue weighted by Crippen LogP contribution is 2.28. The highest BCUT2D eigenvalue weighted by Gasteiger charge is 2.07. The van der Waals surface area contributed by atoms with Crippen LogP contribution < -0.4 is 0 Å². The van der Waals surface area contributed by atoms with E-state index in [-0.39, 0.29) is 0 Å². The molecule has 0 saturated heterocycles. The average molecular weight is 240 g/mol. The number of benzene rings is 1. The molecule has 0 saturated carbocycles. The van der Waals surface area contributed by atoms with E-state index in [9.17, 15) is 0 Å². The summed E-state index contributed by atoms with van der Waals surface area (Å²) in [5, 5.41) is 2.29. The molecule has 2 rings (SSSR count). The summed E-state index contributed by atoms with van der Waals surface area (Å²) in [6.07, 6.45) is 0.883. The first kappa shape index (κ1) is 10.7. The van der Waals surface area contributed by atoms with Crippen molar-refractivity contribution in [1.29, 1.82) is 0 Å². The number of aryl methyl sites for hydroxylation is 2. The van der Waals surface area contributed by atoms with Gasteiger partial charge in [0.25, 0.3) is 0 Å². The van der Waals surface area contributed by atoms with E-state index in [1.165, 1.54) is 5.56 Å². The minimum absolute atomic E-state index is 0.553. The predicted molar refractivity (Wildman–Crippen MR) is 65.9 cm³/mol. The van der Waals surface area contributed by atoms with Crippen LogP contribution in [0.25, 0.3) is 10.9 Å². The molecular weight excluding hydrogens is 229 g/mol. The van der Waals surface area contributed by atoms with E-state index in [0.29, 0.717) is 10.2 Å². The van der Waals surface area contributed by atoms with E-state index in [4.69, 9.17) is 23.2 Å². The summed E-state index contributed by atoms with van der Waals surface area (Å²) in [6.45, 7) is 4.11. The quantitative estimate of drug-likeness (QED) is 0.672. The second kappa shape index (κ2) is 3.99. The molecule has 0 spiro atoms. The maximum Gasteiger partial charge on any atom is 0.133 e. The number of hydrogen-bond donors (Lipinski definition) is 0. The maximum atomic E-state index is 6.08. The summed E-state index contributed by atoms with van der Waals surface area (Å²) in [4.78, 5) is 4.34. The van der Waals surface area contributed by atoms with Crippen molar-refractivity contribution in [2.75, 3.05) is 0 Å². The highest BCUT2D eigenvalue weighted by atomic mass is 35.5. The number of hydrogen-bond acceptors (Lipinski definition) is 1. The Balaban J connectivity index is 2.86. The van der Waals surface area contributed by atoms with Crippen molar-refractivity contribution >= 4 is 34.1 Å². The second-order valence-corrected chi connectivity index (χ2v) is 4.32. The molecule has 3 heteroatoms. The van der Waals surface area contributed by atoms with Crippen molar-refractivity contribution in [2.45, 2.75) is 20.3 Å². The fraction of sp³-hybridized carbons (Fsp3) is 0.250. The number of pyridine rings is 1. The number of nitrogens with zero attached hydrogens (tertiary/aromatic N) is 1. The SMILES string of the molecule is CCc1cc2c(C)ccc(Cl)c2nc1Cl. The monoisotopic (exact) mass is 239 g/mol. The standard InChI is InChI=1S/C12H11Cl2N/c1-3-8-6-9-7(2)4-5-10(13)11(9)15-12(8)14/h4-6H,3H2,1-2H3. The Hall–Kier alpha value is -0.790. The zero-order valence-corrected chi connectivity index (χ0v) is 10.2. The van der Waals surface area contributed by atoms with Gasteiger partial charge in [0.05, 0.1) is 10.5 Å². The first-order valence-corrected chi connectivity index (χ1v) is 5.63. The van der Waals surface area contributed by atoms with E-state index >= 15 is 0 Å². The Bertz CT molecular complexity index is 521. The zero-order chi connectivity index (χ0) is 11.0. The van der Waals surface area contributed by atoms with Gasteiger partial charge in [0, 0.05) is 5.39 Å². The Morgan fingerprint density at radius 3 is 2.67 bits per heavy atom. The fourth-order valence-electron chi connectivity index (χ4n) is 1.63. The van der Waals surface area contributed by atoms with Crippen LogP contribution in [0.15, 0.2) is 18.2 Å². The molecule has 1 nitrogen and oxygen atoms in total. The van der Waals surface area contributed by atoms with Gasteiger partial charge >= 0.3 is 0 Å².